The highest BCUT2D eigenvalue weighted by Crippen LogP contribution is 2.34. The predicted octanol–water partition coefficient (Wildman–Crippen LogP) is 1.76. The number of hydrogen-bond acceptors (Lipinski definition) is 3. The Morgan fingerprint density at radius 1 is 1.50 bits per heavy atom. The quantitative estimate of drug-likeness (QED) is 0.736. The second-order valence-corrected chi connectivity index (χ2v) is 4.54. The number of nitrogens with zero attached hydrogens (tertiary/aromatic N) is 3. The number of rotatable bonds is 1. The highest BCUT2D eigenvalue weighted by molar-refractivity contribution is 9.10. The summed E-state index contributed by atoms with van der Waals surface area (Å²) in [5.41, 5.74) is 1.76. The van der Waals surface area contributed by atoms with Crippen LogP contribution in [0.4, 0.5) is 11.4 Å². The van der Waals surface area contributed by atoms with Gasteiger partial charge in [-0.25, -0.2) is 0 Å². The maximum absolute atomic E-state index is 11.8. The highest BCUT2D eigenvalue weighted by Gasteiger charge is 2.26. The fourth-order valence-electron chi connectivity index (χ4n) is 1.79. The van der Waals surface area contributed by atoms with E-state index < -0.39 is 0 Å². The summed E-state index contributed by atoms with van der Waals surface area (Å²) in [6.07, 6.45) is 0. The number of halogens is 1. The Balaban J connectivity index is 2.52. The zero-order chi connectivity index (χ0) is 11.7. The minimum atomic E-state index is -0.0466. The van der Waals surface area contributed by atoms with E-state index >= 15 is 0 Å². The standard InChI is InChI=1S/C11H10BrN3O/c1-14-7-11(16)15(5-4-13)10-6-8(12)2-3-9(10)14/h2-3,6H,5,7H2,1H3. The number of carbonyl (C=O) groups excluding carboxylic acids is 1. The molecule has 82 valence electrons. The molecule has 1 amide bonds. The van der Waals surface area contributed by atoms with Crippen molar-refractivity contribution in [3.63, 3.8) is 0 Å². The molecular formula is C11H10BrN3O. The Hall–Kier alpha value is -1.54. The van der Waals surface area contributed by atoms with E-state index in [2.05, 4.69) is 15.9 Å². The molecule has 0 saturated carbocycles. The van der Waals surface area contributed by atoms with Gasteiger partial charge in [0.2, 0.25) is 5.91 Å². The molecule has 1 aliphatic rings. The fraction of sp³-hybridized carbons (Fsp3) is 0.273. The summed E-state index contributed by atoms with van der Waals surface area (Å²) < 4.78 is 0.900. The van der Waals surface area contributed by atoms with Crippen LogP contribution >= 0.6 is 15.9 Å². The van der Waals surface area contributed by atoms with Crippen LogP contribution in [-0.4, -0.2) is 26.0 Å². The van der Waals surface area contributed by atoms with Crippen LogP contribution in [0.1, 0.15) is 0 Å². The van der Waals surface area contributed by atoms with Crippen molar-refractivity contribution in [2.45, 2.75) is 0 Å². The summed E-state index contributed by atoms with van der Waals surface area (Å²) in [6.45, 7) is 0.409. The lowest BCUT2D eigenvalue weighted by Gasteiger charge is -2.34. The number of likely N-dealkylation sites (N-methyl/N-ethyl adjacent to an activating group) is 1. The summed E-state index contributed by atoms with van der Waals surface area (Å²) in [7, 11) is 1.87. The van der Waals surface area contributed by atoms with Gasteiger partial charge >= 0.3 is 0 Å². The monoisotopic (exact) mass is 279 g/mol. The molecule has 0 N–H and O–H groups in total. The number of carbonyl (C=O) groups is 1. The lowest BCUT2D eigenvalue weighted by Crippen LogP contribution is -2.44. The first kappa shape index (κ1) is 11.0. The minimum Gasteiger partial charge on any atom is -0.364 e. The molecule has 0 fully saturated rings. The molecule has 0 aromatic heterocycles. The Kier molecular flexibility index (Phi) is 2.84. The van der Waals surface area contributed by atoms with E-state index in [0.29, 0.717) is 6.54 Å². The second-order valence-electron chi connectivity index (χ2n) is 3.63. The van der Waals surface area contributed by atoms with E-state index in [1.165, 1.54) is 4.90 Å². The van der Waals surface area contributed by atoms with E-state index in [0.717, 1.165) is 15.8 Å². The first-order chi connectivity index (χ1) is 7.63. The first-order valence-electron chi connectivity index (χ1n) is 4.81. The molecule has 16 heavy (non-hydrogen) atoms. The average molecular weight is 280 g/mol. The molecule has 2 rings (SSSR count). The molecule has 0 saturated heterocycles. The third-order valence-electron chi connectivity index (χ3n) is 2.54. The fourth-order valence-corrected chi connectivity index (χ4v) is 2.14. The molecule has 1 heterocycles. The zero-order valence-corrected chi connectivity index (χ0v) is 10.4. The number of anilines is 2. The number of benzene rings is 1. The van der Waals surface area contributed by atoms with Crippen molar-refractivity contribution in [1.82, 2.24) is 0 Å². The molecule has 1 aromatic rings. The largest absolute Gasteiger partial charge is 0.364 e. The molecule has 5 heteroatoms. The van der Waals surface area contributed by atoms with Crippen molar-refractivity contribution in [1.29, 1.82) is 5.26 Å². The van der Waals surface area contributed by atoms with E-state index in [1.54, 1.807) is 0 Å². The molecule has 0 bridgehead atoms. The number of amides is 1. The van der Waals surface area contributed by atoms with Gasteiger partial charge in [0.1, 0.15) is 6.54 Å². The van der Waals surface area contributed by atoms with Crippen LogP contribution < -0.4 is 9.80 Å². The third kappa shape index (κ3) is 1.76. The maximum atomic E-state index is 11.8. The Morgan fingerprint density at radius 3 is 2.94 bits per heavy atom. The normalized spacial score (nSPS) is 14.7. The van der Waals surface area contributed by atoms with Gasteiger partial charge < -0.3 is 4.90 Å². The van der Waals surface area contributed by atoms with Crippen molar-refractivity contribution < 1.29 is 4.79 Å². The molecule has 0 spiro atoms. The smallest absolute Gasteiger partial charge is 0.247 e. The molecule has 0 atom stereocenters. The van der Waals surface area contributed by atoms with Crippen LogP contribution in [0.2, 0.25) is 0 Å². The minimum absolute atomic E-state index is 0.0466. The summed E-state index contributed by atoms with van der Waals surface area (Å²) in [6, 6.07) is 7.74. The van der Waals surface area contributed by atoms with E-state index in [4.69, 9.17) is 5.26 Å². The predicted molar refractivity (Wildman–Crippen MR) is 65.4 cm³/mol. The van der Waals surface area contributed by atoms with Gasteiger partial charge in [0, 0.05) is 11.5 Å². The molecular weight excluding hydrogens is 270 g/mol. The molecule has 0 radical (unpaired) electrons. The van der Waals surface area contributed by atoms with Gasteiger partial charge in [0.15, 0.2) is 0 Å². The summed E-state index contributed by atoms with van der Waals surface area (Å²) in [5, 5.41) is 8.73. The number of hydrogen-bond donors (Lipinski definition) is 0. The van der Waals surface area contributed by atoms with Crippen molar-refractivity contribution in [2.75, 3.05) is 29.9 Å². The molecule has 1 aromatic carbocycles. The lowest BCUT2D eigenvalue weighted by molar-refractivity contribution is -0.117. The van der Waals surface area contributed by atoms with Crippen molar-refractivity contribution in [2.24, 2.45) is 0 Å². The first-order valence-corrected chi connectivity index (χ1v) is 5.61. The van der Waals surface area contributed by atoms with Crippen molar-refractivity contribution in [3.8, 4) is 6.07 Å². The van der Waals surface area contributed by atoms with E-state index in [-0.39, 0.29) is 12.5 Å². The second kappa shape index (κ2) is 4.14. The van der Waals surface area contributed by atoms with Gasteiger partial charge in [0.25, 0.3) is 0 Å². The van der Waals surface area contributed by atoms with E-state index in [1.807, 2.05) is 36.2 Å². The van der Waals surface area contributed by atoms with Crippen LogP contribution in [0.25, 0.3) is 0 Å². The van der Waals surface area contributed by atoms with Crippen LogP contribution in [0.15, 0.2) is 22.7 Å². The van der Waals surface area contributed by atoms with Crippen LogP contribution in [0.3, 0.4) is 0 Å². The molecule has 0 unspecified atom stereocenters. The summed E-state index contributed by atoms with van der Waals surface area (Å²) in [5.74, 6) is -0.0466. The number of nitriles is 1. The zero-order valence-electron chi connectivity index (χ0n) is 8.77. The van der Waals surface area contributed by atoms with E-state index in [9.17, 15) is 4.79 Å². The molecule has 1 aliphatic heterocycles. The van der Waals surface area contributed by atoms with Gasteiger partial charge in [-0.15, -0.1) is 0 Å². The molecule has 4 nitrogen and oxygen atoms in total. The Morgan fingerprint density at radius 2 is 2.25 bits per heavy atom. The van der Waals surface area contributed by atoms with Crippen LogP contribution in [0.5, 0.6) is 0 Å². The van der Waals surface area contributed by atoms with Crippen molar-refractivity contribution >= 4 is 33.2 Å². The van der Waals surface area contributed by atoms with Crippen LogP contribution in [0, 0.1) is 11.3 Å². The Bertz CT molecular complexity index is 481. The Labute approximate surface area is 102 Å². The van der Waals surface area contributed by atoms with Gasteiger partial charge in [-0.3, -0.25) is 9.69 Å². The topological polar surface area (TPSA) is 47.3 Å². The third-order valence-corrected chi connectivity index (χ3v) is 3.04. The van der Waals surface area contributed by atoms with Crippen molar-refractivity contribution in [3.05, 3.63) is 22.7 Å². The summed E-state index contributed by atoms with van der Waals surface area (Å²) >= 11 is 3.37. The van der Waals surface area contributed by atoms with Crippen LogP contribution in [-0.2, 0) is 4.79 Å². The average Bonchev–Trinajstić information content (AvgIpc) is 2.23. The lowest BCUT2D eigenvalue weighted by atomic mass is 10.1. The van der Waals surface area contributed by atoms with Gasteiger partial charge in [-0.05, 0) is 18.2 Å². The molecule has 0 aliphatic carbocycles. The summed E-state index contributed by atoms with van der Waals surface area (Å²) in [4.78, 5) is 15.2. The maximum Gasteiger partial charge on any atom is 0.247 e. The van der Waals surface area contributed by atoms with Gasteiger partial charge in [-0.1, -0.05) is 15.9 Å². The van der Waals surface area contributed by atoms with Gasteiger partial charge in [0.05, 0.1) is 24.0 Å². The van der Waals surface area contributed by atoms with Gasteiger partial charge in [-0.2, -0.15) is 5.26 Å². The number of fused-ring (bicyclic) bond motifs is 1. The SMILES string of the molecule is CN1CC(=O)N(CC#N)c2cc(Br)ccc21. The highest BCUT2D eigenvalue weighted by atomic mass is 79.9.